The first-order valence-electron chi connectivity index (χ1n) is 6.44. The lowest BCUT2D eigenvalue weighted by Crippen LogP contribution is -2.38. The highest BCUT2D eigenvalue weighted by atomic mass is 32.2. The first-order valence-corrected chi connectivity index (χ1v) is 8.76. The van der Waals surface area contributed by atoms with Crippen molar-refractivity contribution in [1.29, 1.82) is 0 Å². The van der Waals surface area contributed by atoms with Crippen LogP contribution >= 0.6 is 11.3 Å². The highest BCUT2D eigenvalue weighted by Gasteiger charge is 2.34. The Hall–Kier alpha value is -1.37. The van der Waals surface area contributed by atoms with E-state index in [2.05, 4.69) is 0 Å². The van der Waals surface area contributed by atoms with E-state index in [1.807, 2.05) is 18.4 Å². The molecule has 1 aromatic carbocycles. The van der Waals surface area contributed by atoms with Crippen LogP contribution in [0.3, 0.4) is 0 Å². The standard InChI is InChI=1S/C14H16N2O2S2/c1-10-13-7-9-19-14(13)6-8-16(10)20(17,18)12-4-2-11(15)3-5-12/h2-5,7,9-10H,6,8,15H2,1H3. The number of anilines is 1. The van der Waals surface area contributed by atoms with Gasteiger partial charge in [0.25, 0.3) is 0 Å². The molecule has 1 aromatic heterocycles. The summed E-state index contributed by atoms with van der Waals surface area (Å²) in [7, 11) is -3.47. The van der Waals surface area contributed by atoms with Gasteiger partial charge in [-0.2, -0.15) is 4.31 Å². The van der Waals surface area contributed by atoms with Crippen LogP contribution in [-0.4, -0.2) is 19.3 Å². The Balaban J connectivity index is 1.99. The molecule has 1 aliphatic rings. The van der Waals surface area contributed by atoms with Crippen LogP contribution in [0.15, 0.2) is 40.6 Å². The minimum absolute atomic E-state index is 0.118. The molecule has 0 fully saturated rings. The van der Waals surface area contributed by atoms with Gasteiger partial charge in [0.1, 0.15) is 0 Å². The molecule has 106 valence electrons. The number of thiophene rings is 1. The predicted molar refractivity (Wildman–Crippen MR) is 81.2 cm³/mol. The number of rotatable bonds is 2. The predicted octanol–water partition coefficient (Wildman–Crippen LogP) is 2.64. The zero-order valence-corrected chi connectivity index (χ0v) is 12.7. The number of fused-ring (bicyclic) bond motifs is 1. The van der Waals surface area contributed by atoms with Crippen LogP contribution in [0, 0.1) is 0 Å². The summed E-state index contributed by atoms with van der Waals surface area (Å²) in [5, 5.41) is 2.03. The summed E-state index contributed by atoms with van der Waals surface area (Å²) in [6, 6.07) is 8.29. The van der Waals surface area contributed by atoms with Gasteiger partial charge in [0.2, 0.25) is 10.0 Å². The number of nitrogen functional groups attached to an aromatic ring is 1. The van der Waals surface area contributed by atoms with Crippen molar-refractivity contribution in [3.05, 3.63) is 46.2 Å². The van der Waals surface area contributed by atoms with Crippen molar-refractivity contribution in [1.82, 2.24) is 4.31 Å². The molecule has 2 heterocycles. The Bertz CT molecular complexity index is 720. The van der Waals surface area contributed by atoms with Gasteiger partial charge in [0.15, 0.2) is 0 Å². The maximum Gasteiger partial charge on any atom is 0.243 e. The fraction of sp³-hybridized carbons (Fsp3) is 0.286. The van der Waals surface area contributed by atoms with Crippen LogP contribution in [0.25, 0.3) is 0 Å². The summed E-state index contributed by atoms with van der Waals surface area (Å²) in [4.78, 5) is 1.60. The van der Waals surface area contributed by atoms with Crippen molar-refractivity contribution in [2.75, 3.05) is 12.3 Å². The van der Waals surface area contributed by atoms with Crippen LogP contribution in [0.2, 0.25) is 0 Å². The average Bonchev–Trinajstić information content (AvgIpc) is 2.88. The van der Waals surface area contributed by atoms with Gasteiger partial charge < -0.3 is 5.73 Å². The topological polar surface area (TPSA) is 63.4 Å². The first kappa shape index (κ1) is 13.6. The van der Waals surface area contributed by atoms with Gasteiger partial charge in [-0.25, -0.2) is 8.42 Å². The Labute approximate surface area is 122 Å². The Kier molecular flexibility index (Phi) is 3.32. The van der Waals surface area contributed by atoms with Gasteiger partial charge in [0, 0.05) is 23.2 Å². The number of nitrogens with two attached hydrogens (primary N) is 1. The van der Waals surface area contributed by atoms with Gasteiger partial charge in [-0.3, -0.25) is 0 Å². The maximum absolute atomic E-state index is 12.7. The fourth-order valence-electron chi connectivity index (χ4n) is 2.59. The van der Waals surface area contributed by atoms with E-state index in [-0.39, 0.29) is 6.04 Å². The summed E-state index contributed by atoms with van der Waals surface area (Å²) in [5.74, 6) is 0. The van der Waals surface area contributed by atoms with E-state index in [1.54, 1.807) is 39.9 Å². The fourth-order valence-corrected chi connectivity index (χ4v) is 5.17. The van der Waals surface area contributed by atoms with Crippen molar-refractivity contribution in [3.8, 4) is 0 Å². The lowest BCUT2D eigenvalue weighted by atomic mass is 10.0. The van der Waals surface area contributed by atoms with E-state index < -0.39 is 10.0 Å². The van der Waals surface area contributed by atoms with Gasteiger partial charge in [-0.05, 0) is 54.6 Å². The summed E-state index contributed by atoms with van der Waals surface area (Å²) in [6.07, 6.45) is 0.783. The number of nitrogens with zero attached hydrogens (tertiary/aromatic N) is 1. The lowest BCUT2D eigenvalue weighted by molar-refractivity contribution is 0.329. The Morgan fingerprint density at radius 2 is 1.95 bits per heavy atom. The highest BCUT2D eigenvalue weighted by molar-refractivity contribution is 7.89. The van der Waals surface area contributed by atoms with Gasteiger partial charge in [-0.1, -0.05) is 0 Å². The van der Waals surface area contributed by atoms with Gasteiger partial charge in [-0.15, -0.1) is 11.3 Å². The first-order chi connectivity index (χ1) is 9.50. The van der Waals surface area contributed by atoms with E-state index in [0.29, 0.717) is 17.1 Å². The summed E-state index contributed by atoms with van der Waals surface area (Å²) >= 11 is 1.70. The molecule has 0 bridgehead atoms. The van der Waals surface area contributed by atoms with Crippen molar-refractivity contribution in [2.45, 2.75) is 24.3 Å². The third-order valence-electron chi connectivity index (χ3n) is 3.71. The second kappa shape index (κ2) is 4.87. The molecular weight excluding hydrogens is 292 g/mol. The quantitative estimate of drug-likeness (QED) is 0.868. The number of sulfonamides is 1. The maximum atomic E-state index is 12.7. The van der Waals surface area contributed by atoms with Crippen LogP contribution in [0.1, 0.15) is 23.4 Å². The SMILES string of the molecule is CC1c2ccsc2CCN1S(=O)(=O)c1ccc(N)cc1. The largest absolute Gasteiger partial charge is 0.399 e. The van der Waals surface area contributed by atoms with Crippen molar-refractivity contribution >= 4 is 27.0 Å². The number of hydrogen-bond acceptors (Lipinski definition) is 4. The minimum atomic E-state index is -3.47. The molecule has 4 nitrogen and oxygen atoms in total. The molecule has 0 spiro atoms. The van der Waals surface area contributed by atoms with E-state index in [9.17, 15) is 8.42 Å². The van der Waals surface area contributed by atoms with E-state index in [4.69, 9.17) is 5.73 Å². The van der Waals surface area contributed by atoms with Crippen molar-refractivity contribution in [2.24, 2.45) is 0 Å². The molecule has 0 radical (unpaired) electrons. The zero-order chi connectivity index (χ0) is 14.3. The molecule has 2 N–H and O–H groups in total. The van der Waals surface area contributed by atoms with Crippen LogP contribution in [0.5, 0.6) is 0 Å². The van der Waals surface area contributed by atoms with Crippen LogP contribution < -0.4 is 5.73 Å². The van der Waals surface area contributed by atoms with Gasteiger partial charge >= 0.3 is 0 Å². The summed E-state index contributed by atoms with van der Waals surface area (Å²) in [6.45, 7) is 2.47. The molecule has 1 atom stereocenters. The summed E-state index contributed by atoms with van der Waals surface area (Å²) < 4.78 is 27.0. The second-order valence-electron chi connectivity index (χ2n) is 4.91. The lowest BCUT2D eigenvalue weighted by Gasteiger charge is -2.32. The second-order valence-corrected chi connectivity index (χ2v) is 7.80. The minimum Gasteiger partial charge on any atom is -0.399 e. The molecule has 3 rings (SSSR count). The number of benzene rings is 1. The molecule has 6 heteroatoms. The molecule has 0 amide bonds. The third kappa shape index (κ3) is 2.13. The average molecular weight is 308 g/mol. The van der Waals surface area contributed by atoms with Gasteiger partial charge in [0.05, 0.1) is 4.90 Å². The molecule has 0 aliphatic carbocycles. The highest BCUT2D eigenvalue weighted by Crippen LogP contribution is 2.36. The zero-order valence-electron chi connectivity index (χ0n) is 11.1. The smallest absolute Gasteiger partial charge is 0.243 e. The molecule has 2 aromatic rings. The monoisotopic (exact) mass is 308 g/mol. The van der Waals surface area contributed by atoms with Crippen molar-refractivity contribution in [3.63, 3.8) is 0 Å². The normalized spacial score (nSPS) is 19.8. The van der Waals surface area contributed by atoms with Crippen LogP contribution in [-0.2, 0) is 16.4 Å². The van der Waals surface area contributed by atoms with Crippen molar-refractivity contribution < 1.29 is 8.42 Å². The number of hydrogen-bond donors (Lipinski definition) is 1. The van der Waals surface area contributed by atoms with E-state index in [0.717, 1.165) is 12.0 Å². The van der Waals surface area contributed by atoms with E-state index >= 15 is 0 Å². The molecule has 20 heavy (non-hydrogen) atoms. The molecule has 0 saturated carbocycles. The van der Waals surface area contributed by atoms with E-state index in [1.165, 1.54) is 4.88 Å². The molecule has 0 saturated heterocycles. The van der Waals surface area contributed by atoms with Crippen LogP contribution in [0.4, 0.5) is 5.69 Å². The third-order valence-corrected chi connectivity index (χ3v) is 6.69. The summed E-state index contributed by atoms with van der Waals surface area (Å²) in [5.41, 5.74) is 7.31. The molecule has 1 unspecified atom stereocenters. The Morgan fingerprint density at radius 3 is 2.65 bits per heavy atom. The molecule has 1 aliphatic heterocycles. The molecular formula is C14H16N2O2S2. The Morgan fingerprint density at radius 1 is 1.25 bits per heavy atom.